The monoisotopic (exact) mass is 190 g/mol. The lowest BCUT2D eigenvalue weighted by Gasteiger charge is -2.00. The number of fused-ring (bicyclic) bond motifs is 1. The molecule has 0 aliphatic carbocycles. The summed E-state index contributed by atoms with van der Waals surface area (Å²) in [6, 6.07) is 6.19. The fourth-order valence-electron chi connectivity index (χ4n) is 1.52. The van der Waals surface area contributed by atoms with E-state index >= 15 is 0 Å². The van der Waals surface area contributed by atoms with Crippen LogP contribution in [0.1, 0.15) is 12.0 Å². The van der Waals surface area contributed by atoms with Crippen molar-refractivity contribution in [1.29, 1.82) is 0 Å². The molecular formula is C11H14N2O. The molecule has 0 aliphatic heterocycles. The van der Waals surface area contributed by atoms with E-state index in [0.717, 1.165) is 30.5 Å². The van der Waals surface area contributed by atoms with Crippen molar-refractivity contribution in [3.63, 3.8) is 0 Å². The van der Waals surface area contributed by atoms with Gasteiger partial charge in [-0.1, -0.05) is 6.07 Å². The summed E-state index contributed by atoms with van der Waals surface area (Å²) in [5, 5.41) is 3.13. The number of nitrogens with one attached hydrogen (secondary N) is 1. The highest BCUT2D eigenvalue weighted by Crippen LogP contribution is 2.15. The topological polar surface area (TPSA) is 38.1 Å². The highest BCUT2D eigenvalue weighted by Gasteiger charge is 1.99. The van der Waals surface area contributed by atoms with Crippen LogP contribution in [0.4, 0.5) is 0 Å². The van der Waals surface area contributed by atoms with Gasteiger partial charge in [-0.15, -0.1) is 0 Å². The average molecular weight is 190 g/mol. The van der Waals surface area contributed by atoms with Gasteiger partial charge in [0.05, 0.1) is 0 Å². The number of hydrogen-bond acceptors (Lipinski definition) is 3. The summed E-state index contributed by atoms with van der Waals surface area (Å²) in [6.45, 7) is 1.05. The van der Waals surface area contributed by atoms with Crippen molar-refractivity contribution >= 4 is 11.1 Å². The van der Waals surface area contributed by atoms with Gasteiger partial charge in [0.25, 0.3) is 0 Å². The van der Waals surface area contributed by atoms with E-state index in [1.54, 1.807) is 0 Å². The molecule has 14 heavy (non-hydrogen) atoms. The van der Waals surface area contributed by atoms with Crippen molar-refractivity contribution in [3.05, 3.63) is 30.2 Å². The molecule has 0 fully saturated rings. The number of nitrogens with zero attached hydrogens (tertiary/aromatic N) is 1. The Morgan fingerprint density at radius 2 is 2.36 bits per heavy atom. The molecule has 2 rings (SSSR count). The van der Waals surface area contributed by atoms with Gasteiger partial charge < -0.3 is 9.73 Å². The molecule has 0 saturated heterocycles. The first-order valence-electron chi connectivity index (χ1n) is 4.87. The van der Waals surface area contributed by atoms with E-state index in [-0.39, 0.29) is 0 Å². The van der Waals surface area contributed by atoms with Gasteiger partial charge in [-0.3, -0.25) is 0 Å². The van der Waals surface area contributed by atoms with E-state index in [1.807, 2.05) is 13.1 Å². The maximum atomic E-state index is 5.24. The van der Waals surface area contributed by atoms with Crippen molar-refractivity contribution in [2.45, 2.75) is 12.8 Å². The minimum absolute atomic E-state index is 0.881. The molecule has 3 nitrogen and oxygen atoms in total. The third kappa shape index (κ3) is 1.93. The third-order valence-corrected chi connectivity index (χ3v) is 2.29. The molecule has 0 amide bonds. The van der Waals surface area contributed by atoms with Gasteiger partial charge >= 0.3 is 0 Å². The Morgan fingerprint density at radius 1 is 1.43 bits per heavy atom. The average Bonchev–Trinajstić information content (AvgIpc) is 2.65. The summed E-state index contributed by atoms with van der Waals surface area (Å²) < 4.78 is 5.24. The van der Waals surface area contributed by atoms with Gasteiger partial charge in [-0.2, -0.15) is 0 Å². The molecule has 2 aromatic rings. The van der Waals surface area contributed by atoms with Crippen LogP contribution in [0.25, 0.3) is 11.1 Å². The van der Waals surface area contributed by atoms with Crippen LogP contribution in [-0.4, -0.2) is 18.6 Å². The minimum Gasteiger partial charge on any atom is -0.443 e. The Balaban J connectivity index is 2.10. The molecule has 0 aliphatic rings. The number of aryl methyl sites for hydroxylation is 1. The summed E-state index contributed by atoms with van der Waals surface area (Å²) in [5.41, 5.74) is 3.12. The largest absolute Gasteiger partial charge is 0.443 e. The zero-order valence-corrected chi connectivity index (χ0v) is 8.29. The van der Waals surface area contributed by atoms with E-state index < -0.39 is 0 Å². The molecule has 0 unspecified atom stereocenters. The van der Waals surface area contributed by atoms with E-state index in [1.165, 1.54) is 12.0 Å². The SMILES string of the molecule is CNCCCc1ccc2ncoc2c1. The first-order chi connectivity index (χ1) is 6.90. The van der Waals surface area contributed by atoms with Gasteiger partial charge in [0.1, 0.15) is 5.52 Å². The van der Waals surface area contributed by atoms with Crippen LogP contribution in [0.3, 0.4) is 0 Å². The lowest BCUT2D eigenvalue weighted by atomic mass is 10.1. The second-order valence-electron chi connectivity index (χ2n) is 3.36. The summed E-state index contributed by atoms with van der Waals surface area (Å²) in [7, 11) is 1.97. The Labute approximate surface area is 83.1 Å². The standard InChI is InChI=1S/C11H14N2O/c1-12-6-2-3-9-4-5-10-11(7-9)14-8-13-10/h4-5,7-8,12H,2-3,6H2,1H3. The molecule has 1 heterocycles. The highest BCUT2D eigenvalue weighted by atomic mass is 16.3. The summed E-state index contributed by atoms with van der Waals surface area (Å²) >= 11 is 0. The van der Waals surface area contributed by atoms with Gasteiger partial charge in [0.15, 0.2) is 12.0 Å². The molecule has 74 valence electrons. The smallest absolute Gasteiger partial charge is 0.181 e. The Hall–Kier alpha value is -1.35. The number of rotatable bonds is 4. The number of benzene rings is 1. The lowest BCUT2D eigenvalue weighted by Crippen LogP contribution is -2.08. The van der Waals surface area contributed by atoms with Crippen molar-refractivity contribution in [1.82, 2.24) is 10.3 Å². The molecular weight excluding hydrogens is 176 g/mol. The predicted octanol–water partition coefficient (Wildman–Crippen LogP) is 1.98. The normalized spacial score (nSPS) is 10.9. The summed E-state index contributed by atoms with van der Waals surface area (Å²) in [5.74, 6) is 0. The minimum atomic E-state index is 0.881. The molecule has 1 aromatic heterocycles. The Bertz CT molecular complexity index is 408. The van der Waals surface area contributed by atoms with Crippen LogP contribution in [0, 0.1) is 0 Å². The molecule has 0 atom stereocenters. The van der Waals surface area contributed by atoms with Gasteiger partial charge in [0.2, 0.25) is 0 Å². The van der Waals surface area contributed by atoms with Crippen molar-refractivity contribution in [2.75, 3.05) is 13.6 Å². The van der Waals surface area contributed by atoms with Crippen LogP contribution in [0.5, 0.6) is 0 Å². The molecule has 1 N–H and O–H groups in total. The number of hydrogen-bond donors (Lipinski definition) is 1. The molecule has 0 spiro atoms. The molecule has 3 heteroatoms. The number of oxazole rings is 1. The van der Waals surface area contributed by atoms with Crippen LogP contribution in [0.2, 0.25) is 0 Å². The van der Waals surface area contributed by atoms with E-state index in [9.17, 15) is 0 Å². The summed E-state index contributed by atoms with van der Waals surface area (Å²) in [6.07, 6.45) is 3.72. The molecule has 0 saturated carbocycles. The quantitative estimate of drug-likeness (QED) is 0.749. The second-order valence-corrected chi connectivity index (χ2v) is 3.36. The van der Waals surface area contributed by atoms with Crippen molar-refractivity contribution < 1.29 is 4.42 Å². The van der Waals surface area contributed by atoms with Crippen LogP contribution in [0.15, 0.2) is 29.0 Å². The van der Waals surface area contributed by atoms with Gasteiger partial charge in [-0.05, 0) is 44.1 Å². The van der Waals surface area contributed by atoms with Gasteiger partial charge in [0, 0.05) is 0 Å². The predicted molar refractivity (Wildman–Crippen MR) is 56.3 cm³/mol. The van der Waals surface area contributed by atoms with E-state index in [2.05, 4.69) is 22.4 Å². The first-order valence-corrected chi connectivity index (χ1v) is 4.87. The molecule has 1 aromatic carbocycles. The van der Waals surface area contributed by atoms with Crippen molar-refractivity contribution in [3.8, 4) is 0 Å². The maximum absolute atomic E-state index is 5.24. The van der Waals surface area contributed by atoms with Crippen LogP contribution in [-0.2, 0) is 6.42 Å². The van der Waals surface area contributed by atoms with Gasteiger partial charge in [-0.25, -0.2) is 4.98 Å². The lowest BCUT2D eigenvalue weighted by molar-refractivity contribution is 0.601. The highest BCUT2D eigenvalue weighted by molar-refractivity contribution is 5.72. The fourth-order valence-corrected chi connectivity index (χ4v) is 1.52. The fraction of sp³-hybridized carbons (Fsp3) is 0.364. The Morgan fingerprint density at radius 3 is 3.21 bits per heavy atom. The molecule has 0 bridgehead atoms. The third-order valence-electron chi connectivity index (χ3n) is 2.29. The maximum Gasteiger partial charge on any atom is 0.181 e. The van der Waals surface area contributed by atoms with Crippen molar-refractivity contribution in [2.24, 2.45) is 0 Å². The van der Waals surface area contributed by atoms with Crippen LogP contribution < -0.4 is 5.32 Å². The zero-order valence-electron chi connectivity index (χ0n) is 8.29. The summed E-state index contributed by atoms with van der Waals surface area (Å²) in [4.78, 5) is 4.08. The second kappa shape index (κ2) is 4.24. The number of aromatic nitrogens is 1. The Kier molecular flexibility index (Phi) is 2.79. The zero-order chi connectivity index (χ0) is 9.80. The first kappa shape index (κ1) is 9.21. The van der Waals surface area contributed by atoms with E-state index in [4.69, 9.17) is 4.42 Å². The molecule has 0 radical (unpaired) electrons. The van der Waals surface area contributed by atoms with E-state index in [0.29, 0.717) is 0 Å². The van der Waals surface area contributed by atoms with Crippen LogP contribution >= 0.6 is 0 Å².